The average molecular weight is 487 g/mol. The first-order valence-electron chi connectivity index (χ1n) is 13.2. The Morgan fingerprint density at radius 2 is 1.83 bits per heavy atom. The molecule has 1 amide bonds. The zero-order chi connectivity index (χ0) is 25.4. The molecule has 7 nitrogen and oxygen atoms in total. The highest BCUT2D eigenvalue weighted by Gasteiger charge is 2.47. The predicted molar refractivity (Wildman–Crippen MR) is 137 cm³/mol. The molecule has 2 heterocycles. The zero-order valence-electron chi connectivity index (χ0n) is 21.8. The highest BCUT2D eigenvalue weighted by molar-refractivity contribution is 5.79. The lowest BCUT2D eigenvalue weighted by Gasteiger charge is -2.30. The number of allylic oxidation sites excluding steroid dienone is 2. The number of hydrogen-bond acceptors (Lipinski definition) is 5. The maximum absolute atomic E-state index is 13.4. The minimum Gasteiger partial charge on any atom is -0.481 e. The number of carbonyl (C=O) groups excluding carboxylic acids is 1. The zero-order valence-corrected chi connectivity index (χ0v) is 21.8. The first-order valence-corrected chi connectivity index (χ1v) is 13.2. The van der Waals surface area contributed by atoms with Crippen LogP contribution in [0.25, 0.3) is 0 Å². The van der Waals surface area contributed by atoms with E-state index in [4.69, 9.17) is 9.47 Å². The van der Waals surface area contributed by atoms with Crippen LogP contribution in [-0.2, 0) is 9.59 Å². The number of carboxylic acids is 1. The standard InChI is InChI=1S/C28H42N2O5/c1-5-8-14-29(15-9-6-2)26(31)18-30-17-22(21-11-13-24-25(16-21)35-19-34-24)27(28(32)33)23(30)12-10-20(4)7-3/h7,11,13,16,22-23,27H,5-6,8-10,12,14-15,17-19H2,1-4H3,(H,32,33)/b20-7-/t22-,23+,27-/m1/s1. The molecule has 1 aromatic rings. The van der Waals surface area contributed by atoms with Crippen LogP contribution in [-0.4, -0.2) is 65.8 Å². The Morgan fingerprint density at radius 3 is 2.46 bits per heavy atom. The van der Waals surface area contributed by atoms with Gasteiger partial charge in [-0.05, 0) is 57.2 Å². The molecule has 7 heteroatoms. The van der Waals surface area contributed by atoms with Crippen molar-refractivity contribution in [3.05, 3.63) is 35.4 Å². The summed E-state index contributed by atoms with van der Waals surface area (Å²) in [7, 11) is 0. The van der Waals surface area contributed by atoms with E-state index >= 15 is 0 Å². The van der Waals surface area contributed by atoms with Gasteiger partial charge >= 0.3 is 5.97 Å². The molecule has 2 aliphatic rings. The van der Waals surface area contributed by atoms with Crippen LogP contribution in [0.15, 0.2) is 29.8 Å². The molecule has 194 valence electrons. The molecule has 2 aliphatic heterocycles. The van der Waals surface area contributed by atoms with Gasteiger partial charge in [-0.3, -0.25) is 14.5 Å². The number of rotatable bonds is 13. The van der Waals surface area contributed by atoms with Crippen LogP contribution in [0.1, 0.15) is 77.7 Å². The van der Waals surface area contributed by atoms with Gasteiger partial charge in [0, 0.05) is 31.6 Å². The SMILES string of the molecule is C/C=C(/C)CC[C@H]1[C@H](C(=O)O)[C@@H](c2ccc3c(c2)OCO3)CN1CC(=O)N(CCCC)CCCC. The Balaban J connectivity index is 1.86. The Bertz CT molecular complexity index is 891. The number of carbonyl (C=O) groups is 2. The number of amides is 1. The minimum absolute atomic E-state index is 0.107. The third-order valence-electron chi connectivity index (χ3n) is 7.44. The van der Waals surface area contributed by atoms with E-state index in [1.54, 1.807) is 0 Å². The van der Waals surface area contributed by atoms with Crippen molar-refractivity contribution in [3.8, 4) is 11.5 Å². The van der Waals surface area contributed by atoms with Crippen LogP contribution in [0, 0.1) is 5.92 Å². The maximum atomic E-state index is 13.4. The van der Waals surface area contributed by atoms with E-state index in [0.717, 1.165) is 50.8 Å². The molecule has 0 aliphatic carbocycles. The fraction of sp³-hybridized carbons (Fsp3) is 0.643. The van der Waals surface area contributed by atoms with E-state index in [2.05, 4.69) is 31.7 Å². The number of ether oxygens (including phenoxy) is 2. The molecular formula is C28H42N2O5. The molecule has 0 saturated carbocycles. The van der Waals surface area contributed by atoms with Crippen molar-refractivity contribution in [3.63, 3.8) is 0 Å². The van der Waals surface area contributed by atoms with E-state index in [1.807, 2.05) is 30.0 Å². The molecule has 0 aromatic heterocycles. The molecule has 3 atom stereocenters. The van der Waals surface area contributed by atoms with Crippen LogP contribution < -0.4 is 9.47 Å². The van der Waals surface area contributed by atoms with Crippen LogP contribution in [0.2, 0.25) is 0 Å². The molecule has 1 saturated heterocycles. The summed E-state index contributed by atoms with van der Waals surface area (Å²) in [6.07, 6.45) is 7.65. The minimum atomic E-state index is -0.806. The molecule has 1 N–H and O–H groups in total. The fourth-order valence-corrected chi connectivity index (χ4v) is 5.19. The number of carboxylic acid groups (broad SMARTS) is 1. The molecule has 35 heavy (non-hydrogen) atoms. The van der Waals surface area contributed by atoms with Crippen molar-refractivity contribution in [1.82, 2.24) is 9.80 Å². The summed E-state index contributed by atoms with van der Waals surface area (Å²) in [5.41, 5.74) is 2.16. The lowest BCUT2D eigenvalue weighted by molar-refractivity contribution is -0.143. The van der Waals surface area contributed by atoms with Crippen molar-refractivity contribution in [2.24, 2.45) is 5.92 Å². The third-order valence-corrected chi connectivity index (χ3v) is 7.44. The molecular weight excluding hydrogens is 444 g/mol. The summed E-state index contributed by atoms with van der Waals surface area (Å²) in [5.74, 6) is -0.158. The first kappa shape index (κ1) is 27.1. The summed E-state index contributed by atoms with van der Waals surface area (Å²) in [6.45, 7) is 10.9. The van der Waals surface area contributed by atoms with Crippen LogP contribution >= 0.6 is 0 Å². The van der Waals surface area contributed by atoms with E-state index in [1.165, 1.54) is 5.57 Å². The predicted octanol–water partition coefficient (Wildman–Crippen LogP) is 5.06. The first-order chi connectivity index (χ1) is 16.9. The van der Waals surface area contributed by atoms with Crippen molar-refractivity contribution >= 4 is 11.9 Å². The van der Waals surface area contributed by atoms with Crippen molar-refractivity contribution in [2.75, 3.05) is 33.0 Å². The summed E-state index contributed by atoms with van der Waals surface area (Å²) < 4.78 is 11.0. The van der Waals surface area contributed by atoms with Gasteiger partial charge in [-0.1, -0.05) is 44.4 Å². The number of aliphatic carboxylic acids is 1. The third kappa shape index (κ3) is 6.78. The molecule has 3 rings (SSSR count). The summed E-state index contributed by atoms with van der Waals surface area (Å²) >= 11 is 0. The number of fused-ring (bicyclic) bond motifs is 1. The van der Waals surface area contributed by atoms with Gasteiger partial charge in [0.25, 0.3) is 0 Å². The second-order valence-corrected chi connectivity index (χ2v) is 9.84. The number of unbranched alkanes of at least 4 members (excludes halogenated alkanes) is 2. The molecule has 0 bridgehead atoms. The van der Waals surface area contributed by atoms with Gasteiger partial charge in [0.05, 0.1) is 12.5 Å². The summed E-state index contributed by atoms with van der Waals surface area (Å²) in [4.78, 5) is 30.1. The quantitative estimate of drug-likeness (QED) is 0.393. The number of likely N-dealkylation sites (tertiary alicyclic amines) is 1. The molecule has 0 radical (unpaired) electrons. The molecule has 1 fully saturated rings. The highest BCUT2D eigenvalue weighted by atomic mass is 16.7. The van der Waals surface area contributed by atoms with E-state index in [9.17, 15) is 14.7 Å². The Hall–Kier alpha value is -2.54. The fourth-order valence-electron chi connectivity index (χ4n) is 5.19. The Labute approximate surface area is 210 Å². The number of nitrogens with zero attached hydrogens (tertiary/aromatic N) is 2. The van der Waals surface area contributed by atoms with E-state index in [0.29, 0.717) is 24.5 Å². The smallest absolute Gasteiger partial charge is 0.308 e. The van der Waals surface area contributed by atoms with Gasteiger partial charge in [0.1, 0.15) is 0 Å². The van der Waals surface area contributed by atoms with Gasteiger partial charge in [-0.2, -0.15) is 0 Å². The second-order valence-electron chi connectivity index (χ2n) is 9.84. The molecule has 0 spiro atoms. The Kier molecular flexibility index (Phi) is 10.0. The normalized spacial score (nSPS) is 21.9. The highest BCUT2D eigenvalue weighted by Crippen LogP contribution is 2.43. The van der Waals surface area contributed by atoms with Gasteiger partial charge in [-0.15, -0.1) is 0 Å². The van der Waals surface area contributed by atoms with Crippen LogP contribution in [0.5, 0.6) is 11.5 Å². The Morgan fingerprint density at radius 1 is 1.14 bits per heavy atom. The number of benzene rings is 1. The largest absolute Gasteiger partial charge is 0.481 e. The average Bonchev–Trinajstić information content (AvgIpc) is 3.46. The van der Waals surface area contributed by atoms with Gasteiger partial charge in [0.2, 0.25) is 12.7 Å². The van der Waals surface area contributed by atoms with Crippen LogP contribution in [0.4, 0.5) is 0 Å². The lowest BCUT2D eigenvalue weighted by Crippen LogP contribution is -2.44. The van der Waals surface area contributed by atoms with Crippen molar-refractivity contribution < 1.29 is 24.2 Å². The summed E-state index contributed by atoms with van der Waals surface area (Å²) in [6, 6.07) is 5.52. The van der Waals surface area contributed by atoms with Gasteiger partial charge in [-0.25, -0.2) is 0 Å². The van der Waals surface area contributed by atoms with E-state index < -0.39 is 11.9 Å². The lowest BCUT2D eigenvalue weighted by atomic mass is 9.83. The van der Waals surface area contributed by atoms with Gasteiger partial charge < -0.3 is 19.5 Å². The monoisotopic (exact) mass is 486 g/mol. The summed E-state index contributed by atoms with van der Waals surface area (Å²) in [5, 5.41) is 10.3. The van der Waals surface area contributed by atoms with E-state index in [-0.39, 0.29) is 31.2 Å². The topological polar surface area (TPSA) is 79.3 Å². The second kappa shape index (κ2) is 13.0. The molecule has 1 aromatic carbocycles. The number of hydrogen-bond donors (Lipinski definition) is 1. The maximum Gasteiger partial charge on any atom is 0.308 e. The van der Waals surface area contributed by atoms with Crippen molar-refractivity contribution in [1.29, 1.82) is 0 Å². The van der Waals surface area contributed by atoms with Crippen LogP contribution in [0.3, 0.4) is 0 Å². The van der Waals surface area contributed by atoms with Gasteiger partial charge in [0.15, 0.2) is 11.5 Å². The van der Waals surface area contributed by atoms with Crippen molar-refractivity contribution in [2.45, 2.75) is 78.2 Å². The molecule has 0 unspecified atom stereocenters.